The van der Waals surface area contributed by atoms with Crippen molar-refractivity contribution < 1.29 is 9.13 Å². The number of anilines is 1. The van der Waals surface area contributed by atoms with E-state index in [1.165, 1.54) is 25.0 Å². The molecular weight excluding hydrogens is 319 g/mol. The van der Waals surface area contributed by atoms with E-state index in [0.717, 1.165) is 69.9 Å². The van der Waals surface area contributed by atoms with Crippen LogP contribution in [0, 0.1) is 11.7 Å². The zero-order valence-electron chi connectivity index (χ0n) is 15.1. The van der Waals surface area contributed by atoms with Gasteiger partial charge in [0, 0.05) is 58.7 Å². The second kappa shape index (κ2) is 9.04. The lowest BCUT2D eigenvalue weighted by atomic mass is 10.2. The Morgan fingerprint density at radius 3 is 2.56 bits per heavy atom. The highest BCUT2D eigenvalue weighted by Crippen LogP contribution is 2.28. The van der Waals surface area contributed by atoms with Gasteiger partial charge in [0.15, 0.2) is 5.96 Å². The Bertz CT molecular complexity index is 551. The van der Waals surface area contributed by atoms with Crippen LogP contribution < -0.4 is 10.2 Å². The van der Waals surface area contributed by atoms with E-state index in [2.05, 4.69) is 20.1 Å². The van der Waals surface area contributed by atoms with Gasteiger partial charge in [0.05, 0.1) is 0 Å². The number of benzene rings is 1. The number of guanidine groups is 1. The molecule has 25 heavy (non-hydrogen) atoms. The molecule has 0 radical (unpaired) electrons. The van der Waals surface area contributed by atoms with E-state index < -0.39 is 0 Å². The molecule has 138 valence electrons. The van der Waals surface area contributed by atoms with Crippen LogP contribution in [0.5, 0.6) is 0 Å². The third kappa shape index (κ3) is 5.59. The van der Waals surface area contributed by atoms with Gasteiger partial charge < -0.3 is 19.9 Å². The monoisotopic (exact) mass is 348 g/mol. The second-order valence-electron chi connectivity index (χ2n) is 6.80. The summed E-state index contributed by atoms with van der Waals surface area (Å²) in [7, 11) is 1.83. The van der Waals surface area contributed by atoms with Crippen molar-refractivity contribution in [3.05, 3.63) is 30.1 Å². The highest BCUT2D eigenvalue weighted by molar-refractivity contribution is 5.80. The van der Waals surface area contributed by atoms with E-state index in [9.17, 15) is 4.39 Å². The van der Waals surface area contributed by atoms with Gasteiger partial charge in [0.1, 0.15) is 5.82 Å². The average Bonchev–Trinajstić information content (AvgIpc) is 3.46. The number of halogens is 1. The van der Waals surface area contributed by atoms with Gasteiger partial charge in [-0.05, 0) is 49.4 Å². The van der Waals surface area contributed by atoms with Crippen LogP contribution in [0.3, 0.4) is 0 Å². The van der Waals surface area contributed by atoms with Crippen molar-refractivity contribution >= 4 is 11.6 Å². The van der Waals surface area contributed by atoms with Crippen molar-refractivity contribution in [1.29, 1.82) is 0 Å². The maximum Gasteiger partial charge on any atom is 0.193 e. The predicted molar refractivity (Wildman–Crippen MR) is 99.7 cm³/mol. The number of piperazine rings is 1. The Morgan fingerprint density at radius 1 is 1.20 bits per heavy atom. The van der Waals surface area contributed by atoms with E-state index in [1.54, 1.807) is 0 Å². The molecule has 1 saturated heterocycles. The molecule has 0 amide bonds. The van der Waals surface area contributed by atoms with Gasteiger partial charge in [0.25, 0.3) is 0 Å². The van der Waals surface area contributed by atoms with Crippen LogP contribution in [0.15, 0.2) is 29.3 Å². The first-order chi connectivity index (χ1) is 12.3. The molecule has 3 rings (SSSR count). The largest absolute Gasteiger partial charge is 0.381 e. The molecule has 6 heteroatoms. The van der Waals surface area contributed by atoms with Crippen molar-refractivity contribution in [1.82, 2.24) is 10.2 Å². The lowest BCUT2D eigenvalue weighted by Crippen LogP contribution is -2.52. The summed E-state index contributed by atoms with van der Waals surface area (Å²) in [4.78, 5) is 8.97. The molecule has 0 spiro atoms. The normalized spacial score (nSPS) is 18.6. The van der Waals surface area contributed by atoms with Gasteiger partial charge in [-0.3, -0.25) is 4.99 Å². The molecule has 0 atom stereocenters. The van der Waals surface area contributed by atoms with E-state index in [-0.39, 0.29) is 5.82 Å². The molecule has 1 aliphatic heterocycles. The summed E-state index contributed by atoms with van der Waals surface area (Å²) in [6, 6.07) is 6.74. The SMILES string of the molecule is CN=C(NCCCOCC1CC1)N1CCN(c2ccc(F)cc2)CC1. The highest BCUT2D eigenvalue weighted by Gasteiger charge is 2.21. The zero-order chi connectivity index (χ0) is 17.5. The maximum absolute atomic E-state index is 13.0. The van der Waals surface area contributed by atoms with Gasteiger partial charge in [-0.25, -0.2) is 4.39 Å². The van der Waals surface area contributed by atoms with E-state index in [4.69, 9.17) is 4.74 Å². The third-order valence-corrected chi connectivity index (χ3v) is 4.78. The molecule has 1 saturated carbocycles. The summed E-state index contributed by atoms with van der Waals surface area (Å²) < 4.78 is 18.7. The van der Waals surface area contributed by atoms with Gasteiger partial charge in [-0.15, -0.1) is 0 Å². The predicted octanol–water partition coefficient (Wildman–Crippen LogP) is 2.34. The molecular formula is C19H29FN4O. The number of rotatable bonds is 7. The van der Waals surface area contributed by atoms with Gasteiger partial charge in [-0.2, -0.15) is 0 Å². The quantitative estimate of drug-likeness (QED) is 0.466. The minimum Gasteiger partial charge on any atom is -0.381 e. The molecule has 5 nitrogen and oxygen atoms in total. The molecule has 1 heterocycles. The summed E-state index contributed by atoms with van der Waals surface area (Å²) >= 11 is 0. The molecule has 0 bridgehead atoms. The van der Waals surface area contributed by atoms with Crippen LogP contribution in [-0.2, 0) is 4.74 Å². The first kappa shape index (κ1) is 18.0. The summed E-state index contributed by atoms with van der Waals surface area (Å²) in [6.07, 6.45) is 3.69. The molecule has 0 aromatic heterocycles. The average molecular weight is 348 g/mol. The number of aliphatic imine (C=N–C) groups is 1. The fourth-order valence-corrected chi connectivity index (χ4v) is 3.07. The summed E-state index contributed by atoms with van der Waals surface area (Å²) in [5, 5.41) is 3.43. The minimum atomic E-state index is -0.187. The zero-order valence-corrected chi connectivity index (χ0v) is 15.1. The lowest BCUT2D eigenvalue weighted by molar-refractivity contribution is 0.122. The molecule has 0 unspecified atom stereocenters. The Hall–Kier alpha value is -1.82. The molecule has 1 aromatic carbocycles. The van der Waals surface area contributed by atoms with Gasteiger partial charge >= 0.3 is 0 Å². The first-order valence-electron chi connectivity index (χ1n) is 9.30. The summed E-state index contributed by atoms with van der Waals surface area (Å²) in [6.45, 7) is 6.28. The van der Waals surface area contributed by atoms with E-state index in [0.29, 0.717) is 0 Å². The van der Waals surface area contributed by atoms with Crippen molar-refractivity contribution in [3.8, 4) is 0 Å². The minimum absolute atomic E-state index is 0.187. The summed E-state index contributed by atoms with van der Waals surface area (Å²) in [5.41, 5.74) is 1.08. The smallest absolute Gasteiger partial charge is 0.193 e. The van der Waals surface area contributed by atoms with Crippen LogP contribution in [0.2, 0.25) is 0 Å². The van der Waals surface area contributed by atoms with Crippen molar-refractivity contribution in [3.63, 3.8) is 0 Å². The van der Waals surface area contributed by atoms with Crippen LogP contribution in [-0.4, -0.2) is 63.8 Å². The fourth-order valence-electron chi connectivity index (χ4n) is 3.07. The van der Waals surface area contributed by atoms with Crippen LogP contribution in [0.4, 0.5) is 10.1 Å². The summed E-state index contributed by atoms with van der Waals surface area (Å²) in [5.74, 6) is 1.60. The first-order valence-corrected chi connectivity index (χ1v) is 9.30. The highest BCUT2D eigenvalue weighted by atomic mass is 19.1. The van der Waals surface area contributed by atoms with Crippen LogP contribution in [0.25, 0.3) is 0 Å². The van der Waals surface area contributed by atoms with Crippen molar-refractivity contribution in [2.24, 2.45) is 10.9 Å². The molecule has 1 N–H and O–H groups in total. The second-order valence-corrected chi connectivity index (χ2v) is 6.80. The van der Waals surface area contributed by atoms with Crippen molar-refractivity contribution in [2.45, 2.75) is 19.3 Å². The standard InChI is InChI=1S/C19H29FN4O/c1-21-19(22-9-2-14-25-15-16-3-4-16)24-12-10-23(11-13-24)18-7-5-17(20)6-8-18/h5-8,16H,2-4,9-15H2,1H3,(H,21,22). The van der Waals surface area contributed by atoms with Gasteiger partial charge in [0.2, 0.25) is 0 Å². The number of nitrogens with one attached hydrogen (secondary N) is 1. The Balaban J connectivity index is 1.35. The molecule has 2 fully saturated rings. The van der Waals surface area contributed by atoms with Crippen molar-refractivity contribution in [2.75, 3.05) is 57.9 Å². The topological polar surface area (TPSA) is 40.1 Å². The number of nitrogens with zero attached hydrogens (tertiary/aromatic N) is 3. The van der Waals surface area contributed by atoms with E-state index in [1.807, 2.05) is 19.2 Å². The Kier molecular flexibility index (Phi) is 6.50. The lowest BCUT2D eigenvalue weighted by Gasteiger charge is -2.37. The van der Waals surface area contributed by atoms with Gasteiger partial charge in [-0.1, -0.05) is 0 Å². The van der Waals surface area contributed by atoms with Crippen LogP contribution in [0.1, 0.15) is 19.3 Å². The fraction of sp³-hybridized carbons (Fsp3) is 0.632. The van der Waals surface area contributed by atoms with Crippen LogP contribution >= 0.6 is 0 Å². The third-order valence-electron chi connectivity index (χ3n) is 4.78. The molecule has 2 aliphatic rings. The number of hydrogen-bond donors (Lipinski definition) is 1. The van der Waals surface area contributed by atoms with E-state index >= 15 is 0 Å². The Labute approximate surface area is 149 Å². The Morgan fingerprint density at radius 2 is 1.92 bits per heavy atom. The number of ether oxygens (including phenoxy) is 1. The molecule has 1 aliphatic carbocycles. The number of hydrogen-bond acceptors (Lipinski definition) is 3. The molecule has 1 aromatic rings. The maximum atomic E-state index is 13.0.